The number of hydrogen-bond donors (Lipinski definition) is 2. The van der Waals surface area contributed by atoms with E-state index in [1.54, 1.807) is 18.2 Å². The van der Waals surface area contributed by atoms with Gasteiger partial charge in [0.2, 0.25) is 0 Å². The number of rotatable bonds is 2. The van der Waals surface area contributed by atoms with E-state index in [1.165, 1.54) is 29.5 Å². The van der Waals surface area contributed by atoms with Gasteiger partial charge in [-0.1, -0.05) is 29.0 Å². The molecule has 2 aromatic carbocycles. The topological polar surface area (TPSA) is 68.0 Å². The van der Waals surface area contributed by atoms with Crippen LogP contribution in [-0.4, -0.2) is 10.9 Å². The first-order valence-electron chi connectivity index (χ1n) is 5.96. The number of aromatic nitrogens is 1. The first-order valence-corrected chi connectivity index (χ1v) is 7.15. The smallest absolute Gasteiger partial charge is 0.255 e. The predicted molar refractivity (Wildman–Crippen MR) is 83.4 cm³/mol. The van der Waals surface area contributed by atoms with Crippen molar-refractivity contribution in [2.24, 2.45) is 0 Å². The van der Waals surface area contributed by atoms with Gasteiger partial charge in [-0.05, 0) is 30.3 Å². The Morgan fingerprint density at radius 2 is 2.14 bits per heavy atom. The summed E-state index contributed by atoms with van der Waals surface area (Å²) < 4.78 is 14.5. The molecule has 1 heterocycles. The molecule has 0 saturated heterocycles. The first kappa shape index (κ1) is 13.8. The Hall–Kier alpha value is -2.18. The fraction of sp³-hybridized carbons (Fsp3) is 0. The number of fused-ring (bicyclic) bond motifs is 1. The maximum Gasteiger partial charge on any atom is 0.255 e. The van der Waals surface area contributed by atoms with Crippen LogP contribution in [0.4, 0.5) is 15.2 Å². The van der Waals surface area contributed by atoms with Crippen molar-refractivity contribution >= 4 is 49.9 Å². The van der Waals surface area contributed by atoms with Crippen LogP contribution < -0.4 is 11.1 Å². The molecular formula is C14H9ClFN3OS. The molecule has 7 heteroatoms. The Morgan fingerprint density at radius 3 is 2.90 bits per heavy atom. The lowest BCUT2D eigenvalue weighted by molar-refractivity contribution is 0.102. The van der Waals surface area contributed by atoms with Gasteiger partial charge < -0.3 is 11.1 Å². The van der Waals surface area contributed by atoms with Crippen LogP contribution in [0.15, 0.2) is 36.4 Å². The number of thiazole rings is 1. The first-order chi connectivity index (χ1) is 10.0. The van der Waals surface area contributed by atoms with E-state index in [1.807, 2.05) is 0 Å². The third kappa shape index (κ3) is 2.68. The molecule has 0 aliphatic heterocycles. The monoisotopic (exact) mass is 321 g/mol. The number of nitrogen functional groups attached to an aromatic ring is 1. The Balaban J connectivity index is 1.93. The Bertz CT molecular complexity index is 829. The summed E-state index contributed by atoms with van der Waals surface area (Å²) in [6, 6.07) is 9.17. The number of anilines is 2. The molecule has 0 aliphatic carbocycles. The van der Waals surface area contributed by atoms with E-state index in [0.29, 0.717) is 10.7 Å². The van der Waals surface area contributed by atoms with E-state index in [0.717, 1.165) is 10.2 Å². The van der Waals surface area contributed by atoms with Crippen molar-refractivity contribution < 1.29 is 9.18 Å². The second-order valence-corrected chi connectivity index (χ2v) is 5.75. The van der Waals surface area contributed by atoms with E-state index in [9.17, 15) is 9.18 Å². The van der Waals surface area contributed by atoms with Crippen LogP contribution in [0.5, 0.6) is 0 Å². The van der Waals surface area contributed by atoms with Crippen LogP contribution in [0, 0.1) is 5.82 Å². The quantitative estimate of drug-likeness (QED) is 0.751. The Labute approximate surface area is 128 Å². The van der Waals surface area contributed by atoms with Crippen LogP contribution in [0.1, 0.15) is 10.4 Å². The van der Waals surface area contributed by atoms with Crippen molar-refractivity contribution in [3.8, 4) is 0 Å². The number of carbonyl (C=O) groups is 1. The molecule has 4 nitrogen and oxygen atoms in total. The molecule has 0 radical (unpaired) electrons. The van der Waals surface area contributed by atoms with E-state index in [2.05, 4.69) is 10.3 Å². The molecule has 3 rings (SSSR count). The molecule has 0 bridgehead atoms. The average Bonchev–Trinajstić information content (AvgIpc) is 2.81. The van der Waals surface area contributed by atoms with Gasteiger partial charge in [0, 0.05) is 5.56 Å². The lowest BCUT2D eigenvalue weighted by Crippen LogP contribution is -2.13. The van der Waals surface area contributed by atoms with Gasteiger partial charge >= 0.3 is 0 Å². The van der Waals surface area contributed by atoms with Crippen molar-refractivity contribution in [2.45, 2.75) is 0 Å². The summed E-state index contributed by atoms with van der Waals surface area (Å²) in [5.41, 5.74) is 6.69. The van der Waals surface area contributed by atoms with Crippen molar-refractivity contribution in [3.63, 3.8) is 0 Å². The highest BCUT2D eigenvalue weighted by Crippen LogP contribution is 2.27. The molecule has 3 aromatic rings. The number of nitrogens with zero attached hydrogens (tertiary/aromatic N) is 1. The highest BCUT2D eigenvalue weighted by molar-refractivity contribution is 7.22. The van der Waals surface area contributed by atoms with Crippen molar-refractivity contribution in [1.82, 2.24) is 4.98 Å². The minimum atomic E-state index is -0.584. The zero-order chi connectivity index (χ0) is 15.0. The van der Waals surface area contributed by atoms with E-state index in [-0.39, 0.29) is 10.7 Å². The second-order valence-electron chi connectivity index (χ2n) is 4.29. The summed E-state index contributed by atoms with van der Waals surface area (Å²) in [5.74, 6) is -1.03. The standard InChI is InChI=1S/C14H9ClFN3OS/c15-8-2-1-3-9(16)12(8)19-13(20)7-4-5-10-11(6-7)21-14(17)18-10/h1-6H,(H2,17,18)(H,19,20). The van der Waals surface area contributed by atoms with E-state index in [4.69, 9.17) is 17.3 Å². The van der Waals surface area contributed by atoms with Gasteiger partial charge in [-0.3, -0.25) is 4.79 Å². The van der Waals surface area contributed by atoms with E-state index < -0.39 is 11.7 Å². The maximum atomic E-state index is 13.7. The van der Waals surface area contributed by atoms with Gasteiger partial charge in [0.15, 0.2) is 5.13 Å². The molecule has 3 N–H and O–H groups in total. The van der Waals surface area contributed by atoms with Crippen molar-refractivity contribution in [1.29, 1.82) is 0 Å². The van der Waals surface area contributed by atoms with Crippen LogP contribution in [0.2, 0.25) is 5.02 Å². The molecule has 0 aliphatic rings. The van der Waals surface area contributed by atoms with Crippen molar-refractivity contribution in [3.05, 3.63) is 52.8 Å². The van der Waals surface area contributed by atoms with Crippen molar-refractivity contribution in [2.75, 3.05) is 11.1 Å². The second kappa shape index (κ2) is 5.31. The number of halogens is 2. The summed E-state index contributed by atoms with van der Waals surface area (Å²) in [4.78, 5) is 16.3. The largest absolute Gasteiger partial charge is 0.375 e. The highest BCUT2D eigenvalue weighted by Gasteiger charge is 2.13. The summed E-state index contributed by atoms with van der Waals surface area (Å²) in [5, 5.41) is 3.05. The van der Waals surface area contributed by atoms with Crippen LogP contribution >= 0.6 is 22.9 Å². The van der Waals surface area contributed by atoms with Gasteiger partial charge in [-0.2, -0.15) is 0 Å². The molecule has 1 amide bonds. The number of benzene rings is 2. The number of hydrogen-bond acceptors (Lipinski definition) is 4. The summed E-state index contributed by atoms with van der Waals surface area (Å²) in [7, 11) is 0. The minimum absolute atomic E-state index is 0.0342. The zero-order valence-corrected chi connectivity index (χ0v) is 12.1. The average molecular weight is 322 g/mol. The highest BCUT2D eigenvalue weighted by atomic mass is 35.5. The molecule has 0 unspecified atom stereocenters. The van der Waals surface area contributed by atoms with Crippen LogP contribution in [0.25, 0.3) is 10.2 Å². The summed E-state index contributed by atoms with van der Waals surface area (Å²) in [6.45, 7) is 0. The maximum absolute atomic E-state index is 13.7. The lowest BCUT2D eigenvalue weighted by Gasteiger charge is -2.08. The number of carbonyl (C=O) groups excluding carboxylic acids is 1. The molecule has 106 valence electrons. The molecule has 0 spiro atoms. The number of nitrogens with two attached hydrogens (primary N) is 1. The molecule has 0 atom stereocenters. The number of nitrogens with one attached hydrogen (secondary N) is 1. The SMILES string of the molecule is Nc1nc2ccc(C(=O)Nc3c(F)cccc3Cl)cc2s1. The van der Waals surface area contributed by atoms with Gasteiger partial charge in [0.25, 0.3) is 5.91 Å². The molecular weight excluding hydrogens is 313 g/mol. The predicted octanol–water partition coefficient (Wildman–Crippen LogP) is 3.92. The zero-order valence-electron chi connectivity index (χ0n) is 10.6. The molecule has 0 saturated carbocycles. The fourth-order valence-corrected chi connectivity index (χ4v) is 2.87. The third-order valence-electron chi connectivity index (χ3n) is 2.87. The Kier molecular flexibility index (Phi) is 3.48. The molecule has 0 fully saturated rings. The Morgan fingerprint density at radius 1 is 1.33 bits per heavy atom. The van der Waals surface area contributed by atoms with Gasteiger partial charge in [0.1, 0.15) is 5.82 Å². The fourth-order valence-electron chi connectivity index (χ4n) is 1.89. The lowest BCUT2D eigenvalue weighted by atomic mass is 10.2. The summed E-state index contributed by atoms with van der Waals surface area (Å²) >= 11 is 7.16. The number of amides is 1. The normalized spacial score (nSPS) is 10.8. The van der Waals surface area contributed by atoms with Crippen LogP contribution in [0.3, 0.4) is 0 Å². The van der Waals surface area contributed by atoms with Gasteiger partial charge in [0.05, 0.1) is 20.9 Å². The minimum Gasteiger partial charge on any atom is -0.375 e. The van der Waals surface area contributed by atoms with Crippen LogP contribution in [-0.2, 0) is 0 Å². The molecule has 21 heavy (non-hydrogen) atoms. The third-order valence-corrected chi connectivity index (χ3v) is 4.03. The van der Waals surface area contributed by atoms with Gasteiger partial charge in [-0.25, -0.2) is 9.37 Å². The molecule has 1 aromatic heterocycles. The summed E-state index contributed by atoms with van der Waals surface area (Å²) in [6.07, 6.45) is 0. The van der Waals surface area contributed by atoms with E-state index >= 15 is 0 Å². The van der Waals surface area contributed by atoms with Gasteiger partial charge in [-0.15, -0.1) is 0 Å². The number of para-hydroxylation sites is 1.